The molecule has 4 nitrogen and oxygen atoms in total. The molecule has 0 bridgehead atoms. The highest BCUT2D eigenvalue weighted by Crippen LogP contribution is 2.24. The highest BCUT2D eigenvalue weighted by molar-refractivity contribution is 6.09. The largest absolute Gasteiger partial charge is 0.350 e. The minimum Gasteiger partial charge on any atom is -0.350 e. The van der Waals surface area contributed by atoms with E-state index >= 15 is 0 Å². The first-order valence-corrected chi connectivity index (χ1v) is 7.15. The van der Waals surface area contributed by atoms with Crippen molar-refractivity contribution in [3.63, 3.8) is 0 Å². The lowest BCUT2D eigenvalue weighted by Gasteiger charge is -2.08. The molecule has 0 fully saturated rings. The predicted octanol–water partition coefficient (Wildman–Crippen LogP) is 3.27. The topological polar surface area (TPSA) is 50.7 Å². The van der Waals surface area contributed by atoms with Crippen LogP contribution < -0.4 is 0 Å². The Bertz CT molecular complexity index is 797. The summed E-state index contributed by atoms with van der Waals surface area (Å²) in [6, 6.07) is 8.01. The number of hydrogen-bond donors (Lipinski definition) is 1. The van der Waals surface area contributed by atoms with Gasteiger partial charge in [0.15, 0.2) is 5.78 Å². The number of aromatic amines is 1. The number of benzene rings is 1. The van der Waals surface area contributed by atoms with Gasteiger partial charge in [-0.1, -0.05) is 25.1 Å². The standard InChI is InChI=1S/C17H19N3O/c1-11(8-15-12(2)18-10-19-15)17(21)14-9-20(3)16-7-5-4-6-13(14)16/h4-7,9-11H,8H2,1-3H3,(H,18,19). The molecular formula is C17H19N3O. The Hall–Kier alpha value is -2.36. The number of carbonyl (C=O) groups excluding carboxylic acids is 1. The van der Waals surface area contributed by atoms with E-state index in [0.717, 1.165) is 27.9 Å². The Morgan fingerprint density at radius 2 is 2.14 bits per heavy atom. The first kappa shape index (κ1) is 13.6. The second-order valence-corrected chi connectivity index (χ2v) is 5.61. The van der Waals surface area contributed by atoms with Gasteiger partial charge >= 0.3 is 0 Å². The number of H-pyrrole nitrogens is 1. The zero-order valence-corrected chi connectivity index (χ0v) is 12.6. The Morgan fingerprint density at radius 1 is 1.38 bits per heavy atom. The molecule has 21 heavy (non-hydrogen) atoms. The number of imidazole rings is 1. The van der Waals surface area contributed by atoms with Crippen LogP contribution in [0.5, 0.6) is 0 Å². The van der Waals surface area contributed by atoms with E-state index in [2.05, 4.69) is 9.97 Å². The van der Waals surface area contributed by atoms with Crippen LogP contribution in [0.25, 0.3) is 10.9 Å². The molecule has 1 atom stereocenters. The van der Waals surface area contributed by atoms with Gasteiger partial charge in [-0.25, -0.2) is 4.98 Å². The number of aryl methyl sites for hydroxylation is 2. The molecule has 2 aromatic heterocycles. The Balaban J connectivity index is 1.92. The van der Waals surface area contributed by atoms with Crippen molar-refractivity contribution in [1.29, 1.82) is 0 Å². The monoisotopic (exact) mass is 281 g/mol. The van der Waals surface area contributed by atoms with Gasteiger partial charge in [-0.2, -0.15) is 0 Å². The molecule has 2 heterocycles. The Labute approximate surface area is 123 Å². The van der Waals surface area contributed by atoms with Crippen molar-refractivity contribution >= 4 is 16.7 Å². The smallest absolute Gasteiger partial charge is 0.168 e. The fourth-order valence-corrected chi connectivity index (χ4v) is 2.78. The summed E-state index contributed by atoms with van der Waals surface area (Å²) in [5, 5.41) is 1.02. The maximum Gasteiger partial charge on any atom is 0.168 e. The summed E-state index contributed by atoms with van der Waals surface area (Å²) >= 11 is 0. The van der Waals surface area contributed by atoms with Crippen LogP contribution in [0.4, 0.5) is 0 Å². The van der Waals surface area contributed by atoms with E-state index in [4.69, 9.17) is 0 Å². The number of rotatable bonds is 4. The van der Waals surface area contributed by atoms with Crippen molar-refractivity contribution in [2.75, 3.05) is 0 Å². The minimum atomic E-state index is -0.0854. The molecule has 0 amide bonds. The van der Waals surface area contributed by atoms with Crippen LogP contribution in [0, 0.1) is 12.8 Å². The number of aromatic nitrogens is 3. The fourth-order valence-electron chi connectivity index (χ4n) is 2.78. The van der Waals surface area contributed by atoms with Gasteiger partial charge in [0.25, 0.3) is 0 Å². The first-order chi connectivity index (χ1) is 10.1. The van der Waals surface area contributed by atoms with E-state index in [-0.39, 0.29) is 11.7 Å². The van der Waals surface area contributed by atoms with Crippen LogP contribution in [-0.4, -0.2) is 20.3 Å². The molecule has 0 aliphatic rings. The molecule has 1 N–H and O–H groups in total. The first-order valence-electron chi connectivity index (χ1n) is 7.15. The van der Waals surface area contributed by atoms with E-state index in [1.54, 1.807) is 6.33 Å². The summed E-state index contributed by atoms with van der Waals surface area (Å²) in [6.45, 7) is 3.95. The lowest BCUT2D eigenvalue weighted by Crippen LogP contribution is -2.14. The maximum absolute atomic E-state index is 12.8. The number of carbonyl (C=O) groups is 1. The molecule has 0 spiro atoms. The van der Waals surface area contributed by atoms with E-state index < -0.39 is 0 Å². The fraction of sp³-hybridized carbons (Fsp3) is 0.294. The molecule has 1 unspecified atom stereocenters. The molecule has 0 radical (unpaired) electrons. The minimum absolute atomic E-state index is 0.0854. The maximum atomic E-state index is 12.8. The van der Waals surface area contributed by atoms with E-state index in [1.807, 2.05) is 55.9 Å². The molecule has 0 aliphatic carbocycles. The lowest BCUT2D eigenvalue weighted by atomic mass is 9.94. The van der Waals surface area contributed by atoms with Crippen molar-refractivity contribution in [3.8, 4) is 0 Å². The molecule has 0 aliphatic heterocycles. The number of Topliss-reactive ketones (excluding diaryl/α,β-unsaturated/α-hetero) is 1. The van der Waals surface area contributed by atoms with Crippen LogP contribution >= 0.6 is 0 Å². The van der Waals surface area contributed by atoms with Gasteiger partial charge in [-0.05, 0) is 13.0 Å². The summed E-state index contributed by atoms with van der Waals surface area (Å²) in [6.07, 6.45) is 4.28. The average molecular weight is 281 g/mol. The predicted molar refractivity (Wildman–Crippen MR) is 83.4 cm³/mol. The van der Waals surface area contributed by atoms with E-state index in [9.17, 15) is 4.79 Å². The van der Waals surface area contributed by atoms with Gasteiger partial charge in [0.1, 0.15) is 0 Å². The molecule has 0 saturated carbocycles. The molecule has 3 aromatic rings. The van der Waals surface area contributed by atoms with Crippen LogP contribution in [0.3, 0.4) is 0 Å². The molecule has 108 valence electrons. The summed E-state index contributed by atoms with van der Waals surface area (Å²) in [4.78, 5) is 20.1. The zero-order valence-electron chi connectivity index (χ0n) is 12.6. The number of nitrogens with zero attached hydrogens (tertiary/aromatic N) is 2. The third kappa shape index (κ3) is 2.37. The lowest BCUT2D eigenvalue weighted by molar-refractivity contribution is 0.0930. The highest BCUT2D eigenvalue weighted by Gasteiger charge is 2.21. The van der Waals surface area contributed by atoms with Crippen molar-refractivity contribution < 1.29 is 4.79 Å². The van der Waals surface area contributed by atoms with Crippen molar-refractivity contribution in [1.82, 2.24) is 14.5 Å². The third-order valence-corrected chi connectivity index (χ3v) is 4.04. The van der Waals surface area contributed by atoms with Crippen LogP contribution in [-0.2, 0) is 13.5 Å². The molecule has 4 heteroatoms. The second kappa shape index (κ2) is 5.20. The number of para-hydroxylation sites is 1. The quantitative estimate of drug-likeness (QED) is 0.746. The van der Waals surface area contributed by atoms with Crippen LogP contribution in [0.1, 0.15) is 28.7 Å². The number of hydrogen-bond acceptors (Lipinski definition) is 2. The zero-order chi connectivity index (χ0) is 15.0. The Morgan fingerprint density at radius 3 is 2.86 bits per heavy atom. The third-order valence-electron chi connectivity index (χ3n) is 4.04. The normalized spacial score (nSPS) is 12.7. The summed E-state index contributed by atoms with van der Waals surface area (Å²) in [5.74, 6) is 0.0898. The van der Waals surface area contributed by atoms with Crippen molar-refractivity contribution in [2.24, 2.45) is 13.0 Å². The van der Waals surface area contributed by atoms with Crippen LogP contribution in [0.2, 0.25) is 0 Å². The number of ketones is 1. The average Bonchev–Trinajstić information content (AvgIpc) is 3.03. The Kier molecular flexibility index (Phi) is 3.37. The van der Waals surface area contributed by atoms with Gasteiger partial charge in [-0.3, -0.25) is 4.79 Å². The molecular weight excluding hydrogens is 262 g/mol. The van der Waals surface area contributed by atoms with E-state index in [1.165, 1.54) is 0 Å². The molecule has 1 aromatic carbocycles. The van der Waals surface area contributed by atoms with Gasteiger partial charge in [-0.15, -0.1) is 0 Å². The SMILES string of the molecule is Cc1[nH]cnc1CC(C)C(=O)c1cn(C)c2ccccc12. The van der Waals surface area contributed by atoms with Crippen LogP contribution in [0.15, 0.2) is 36.8 Å². The highest BCUT2D eigenvalue weighted by atomic mass is 16.1. The van der Waals surface area contributed by atoms with E-state index in [0.29, 0.717) is 6.42 Å². The molecule has 3 rings (SSSR count). The summed E-state index contributed by atoms with van der Waals surface area (Å²) < 4.78 is 2.01. The number of nitrogens with one attached hydrogen (secondary N) is 1. The van der Waals surface area contributed by atoms with Gasteiger partial charge in [0.2, 0.25) is 0 Å². The van der Waals surface area contributed by atoms with Crippen molar-refractivity contribution in [3.05, 3.63) is 53.7 Å². The summed E-state index contributed by atoms with van der Waals surface area (Å²) in [5.41, 5.74) is 3.89. The van der Waals surface area contributed by atoms with Gasteiger partial charge < -0.3 is 9.55 Å². The second-order valence-electron chi connectivity index (χ2n) is 5.61. The van der Waals surface area contributed by atoms with Crippen molar-refractivity contribution in [2.45, 2.75) is 20.3 Å². The number of fused-ring (bicyclic) bond motifs is 1. The van der Waals surface area contributed by atoms with Gasteiger partial charge in [0, 0.05) is 47.7 Å². The van der Waals surface area contributed by atoms with Gasteiger partial charge in [0.05, 0.1) is 12.0 Å². The summed E-state index contributed by atoms with van der Waals surface area (Å²) in [7, 11) is 1.97. The molecule has 0 saturated heterocycles.